The van der Waals surface area contributed by atoms with Crippen LogP contribution in [0.1, 0.15) is 11.1 Å². The van der Waals surface area contributed by atoms with Crippen LogP contribution in [-0.4, -0.2) is 12.5 Å². The van der Waals surface area contributed by atoms with Crippen LogP contribution in [-0.2, 0) is 17.9 Å². The number of nitrogens with one attached hydrogen (secondary N) is 1. The van der Waals surface area contributed by atoms with Crippen LogP contribution in [0, 0.1) is 0 Å². The number of halogens is 1. The zero-order valence-corrected chi connectivity index (χ0v) is 9.98. The first-order valence-corrected chi connectivity index (χ1v) is 4.81. The largest absolute Gasteiger partial charge is 0.352 e. The van der Waals surface area contributed by atoms with Crippen molar-refractivity contribution in [3.63, 3.8) is 0 Å². The molecule has 92 valence electrons. The molecule has 1 aromatic rings. The van der Waals surface area contributed by atoms with Crippen LogP contribution in [0.2, 0.25) is 0 Å². The van der Waals surface area contributed by atoms with Gasteiger partial charge in [-0.25, -0.2) is 0 Å². The molecule has 0 heterocycles. The van der Waals surface area contributed by atoms with E-state index in [1.54, 1.807) is 0 Å². The zero-order chi connectivity index (χ0) is 11.8. The Morgan fingerprint density at radius 3 is 2.47 bits per heavy atom. The molecule has 3 N–H and O–H groups in total. The third-order valence-electron chi connectivity index (χ3n) is 2.03. The lowest BCUT2D eigenvalue weighted by molar-refractivity contribution is -0.119. The summed E-state index contributed by atoms with van der Waals surface area (Å²) >= 11 is 0. The topological polar surface area (TPSA) is 104 Å². The first-order valence-electron chi connectivity index (χ1n) is 4.81. The monoisotopic (exact) mass is 255 g/mol. The molecule has 0 aliphatic rings. The highest BCUT2D eigenvalue weighted by Crippen LogP contribution is 2.03. The Morgan fingerprint density at radius 2 is 1.94 bits per heavy atom. The van der Waals surface area contributed by atoms with Crippen molar-refractivity contribution in [1.29, 1.82) is 0 Å². The Balaban J connectivity index is 0.00000256. The average molecular weight is 256 g/mol. The van der Waals surface area contributed by atoms with Crippen molar-refractivity contribution < 1.29 is 4.79 Å². The average Bonchev–Trinajstić information content (AvgIpc) is 2.34. The molecular weight excluding hydrogens is 242 g/mol. The summed E-state index contributed by atoms with van der Waals surface area (Å²) in [5, 5.41) is 5.80. The molecule has 0 unspecified atom stereocenters. The van der Waals surface area contributed by atoms with Gasteiger partial charge in [0.2, 0.25) is 5.91 Å². The van der Waals surface area contributed by atoms with Gasteiger partial charge in [-0.3, -0.25) is 4.79 Å². The van der Waals surface area contributed by atoms with E-state index in [0.29, 0.717) is 13.1 Å². The lowest BCUT2D eigenvalue weighted by atomic mass is 10.1. The molecule has 1 aromatic carbocycles. The highest BCUT2D eigenvalue weighted by atomic mass is 35.5. The van der Waals surface area contributed by atoms with Gasteiger partial charge in [0, 0.05) is 18.0 Å². The first kappa shape index (κ1) is 15.2. The summed E-state index contributed by atoms with van der Waals surface area (Å²) in [7, 11) is 0. The summed E-state index contributed by atoms with van der Waals surface area (Å²) in [5.74, 6) is -0.291. The SMILES string of the molecule is Cl.[N-]=[N+]=NCC(=O)NCc1ccc(CN)cc1. The molecule has 0 spiro atoms. The normalized spacial score (nSPS) is 8.76. The van der Waals surface area contributed by atoms with Gasteiger partial charge < -0.3 is 11.1 Å². The van der Waals surface area contributed by atoms with Gasteiger partial charge in [-0.2, -0.15) is 0 Å². The van der Waals surface area contributed by atoms with Crippen molar-refractivity contribution in [3.05, 3.63) is 45.8 Å². The van der Waals surface area contributed by atoms with E-state index in [1.807, 2.05) is 24.3 Å². The second-order valence-electron chi connectivity index (χ2n) is 3.19. The lowest BCUT2D eigenvalue weighted by Crippen LogP contribution is -2.24. The third kappa shape index (κ3) is 5.77. The van der Waals surface area contributed by atoms with Gasteiger partial charge >= 0.3 is 0 Å². The minimum atomic E-state index is -0.291. The number of nitrogens with zero attached hydrogens (tertiary/aromatic N) is 3. The van der Waals surface area contributed by atoms with Crippen molar-refractivity contribution in [2.75, 3.05) is 6.54 Å². The molecule has 0 aromatic heterocycles. The predicted molar refractivity (Wildman–Crippen MR) is 67.4 cm³/mol. The van der Waals surface area contributed by atoms with E-state index in [0.717, 1.165) is 11.1 Å². The summed E-state index contributed by atoms with van der Waals surface area (Å²) in [6.45, 7) is 0.755. The Hall–Kier alpha value is -1.75. The Labute approximate surface area is 105 Å². The van der Waals surface area contributed by atoms with Gasteiger partial charge in [0.05, 0.1) is 0 Å². The molecule has 0 saturated heterocycles. The van der Waals surface area contributed by atoms with E-state index < -0.39 is 0 Å². The fourth-order valence-electron chi connectivity index (χ4n) is 1.15. The molecular formula is C10H14ClN5O. The molecule has 1 amide bonds. The van der Waals surface area contributed by atoms with Gasteiger partial charge in [0.1, 0.15) is 6.54 Å². The standard InChI is InChI=1S/C10H13N5O.ClH/c11-5-8-1-3-9(4-2-8)6-13-10(16)7-14-15-12;/h1-4H,5-7,11H2,(H,13,16);1H. The third-order valence-corrected chi connectivity index (χ3v) is 2.03. The van der Waals surface area contributed by atoms with Gasteiger partial charge in [0.25, 0.3) is 0 Å². The number of azide groups is 1. The van der Waals surface area contributed by atoms with Crippen molar-refractivity contribution in [2.24, 2.45) is 10.8 Å². The zero-order valence-electron chi connectivity index (χ0n) is 9.17. The maximum atomic E-state index is 11.1. The number of hydrogen-bond donors (Lipinski definition) is 2. The Morgan fingerprint density at radius 1 is 1.35 bits per heavy atom. The van der Waals surface area contributed by atoms with Crippen LogP contribution in [0.15, 0.2) is 29.4 Å². The van der Waals surface area contributed by atoms with Crippen LogP contribution in [0.3, 0.4) is 0 Å². The fraction of sp³-hybridized carbons (Fsp3) is 0.300. The Bertz CT molecular complexity index is 400. The summed E-state index contributed by atoms with van der Waals surface area (Å²) in [6, 6.07) is 7.62. The highest BCUT2D eigenvalue weighted by Gasteiger charge is 1.99. The van der Waals surface area contributed by atoms with E-state index in [2.05, 4.69) is 15.3 Å². The van der Waals surface area contributed by atoms with E-state index in [9.17, 15) is 4.79 Å². The van der Waals surface area contributed by atoms with Crippen molar-refractivity contribution >= 4 is 18.3 Å². The Kier molecular flexibility index (Phi) is 7.54. The minimum absolute atomic E-state index is 0. The molecule has 0 radical (unpaired) electrons. The first-order chi connectivity index (χ1) is 7.76. The van der Waals surface area contributed by atoms with Gasteiger partial charge in [-0.1, -0.05) is 29.4 Å². The maximum Gasteiger partial charge on any atom is 0.226 e. The lowest BCUT2D eigenvalue weighted by Gasteiger charge is -2.04. The maximum absolute atomic E-state index is 11.1. The van der Waals surface area contributed by atoms with Crippen molar-refractivity contribution in [1.82, 2.24) is 5.32 Å². The summed E-state index contributed by atoms with van der Waals surface area (Å²) < 4.78 is 0. The molecule has 17 heavy (non-hydrogen) atoms. The van der Waals surface area contributed by atoms with E-state index in [-0.39, 0.29) is 24.9 Å². The molecule has 0 aliphatic heterocycles. The quantitative estimate of drug-likeness (QED) is 0.473. The van der Waals surface area contributed by atoms with E-state index in [4.69, 9.17) is 11.3 Å². The molecule has 0 atom stereocenters. The summed E-state index contributed by atoms with van der Waals surface area (Å²) in [6.07, 6.45) is 0. The fourth-order valence-corrected chi connectivity index (χ4v) is 1.15. The van der Waals surface area contributed by atoms with Crippen molar-refractivity contribution in [2.45, 2.75) is 13.1 Å². The number of carbonyl (C=O) groups excluding carboxylic acids is 1. The van der Waals surface area contributed by atoms with E-state index >= 15 is 0 Å². The molecule has 6 nitrogen and oxygen atoms in total. The summed E-state index contributed by atoms with van der Waals surface area (Å²) in [4.78, 5) is 13.6. The molecule has 0 aliphatic carbocycles. The van der Waals surface area contributed by atoms with Crippen LogP contribution in [0.25, 0.3) is 10.4 Å². The van der Waals surface area contributed by atoms with Gasteiger partial charge in [-0.15, -0.1) is 12.4 Å². The molecule has 0 bridgehead atoms. The van der Waals surface area contributed by atoms with Crippen molar-refractivity contribution in [3.8, 4) is 0 Å². The van der Waals surface area contributed by atoms with Crippen LogP contribution < -0.4 is 11.1 Å². The molecule has 7 heteroatoms. The number of nitrogens with two attached hydrogens (primary N) is 1. The number of hydrogen-bond acceptors (Lipinski definition) is 3. The number of amides is 1. The number of benzene rings is 1. The summed E-state index contributed by atoms with van der Waals surface area (Å²) in [5.41, 5.74) is 15.5. The van der Waals surface area contributed by atoms with Crippen LogP contribution in [0.4, 0.5) is 0 Å². The van der Waals surface area contributed by atoms with Crippen LogP contribution >= 0.6 is 12.4 Å². The number of carbonyl (C=O) groups is 1. The second-order valence-corrected chi connectivity index (χ2v) is 3.19. The van der Waals surface area contributed by atoms with Crippen LogP contribution in [0.5, 0.6) is 0 Å². The molecule has 1 rings (SSSR count). The van der Waals surface area contributed by atoms with Gasteiger partial charge in [0.15, 0.2) is 0 Å². The molecule has 0 saturated carbocycles. The van der Waals surface area contributed by atoms with E-state index in [1.165, 1.54) is 0 Å². The molecule has 0 fully saturated rings. The smallest absolute Gasteiger partial charge is 0.226 e. The predicted octanol–water partition coefficient (Wildman–Crippen LogP) is 1.49. The highest BCUT2D eigenvalue weighted by molar-refractivity contribution is 5.85. The van der Waals surface area contributed by atoms with Gasteiger partial charge in [-0.05, 0) is 16.7 Å². The number of rotatable bonds is 5. The minimum Gasteiger partial charge on any atom is -0.352 e. The second kappa shape index (κ2) is 8.41.